The number of carbonyl (C=O) groups is 1. The van der Waals surface area contributed by atoms with Crippen molar-refractivity contribution in [3.05, 3.63) is 40.9 Å². The minimum Gasteiger partial charge on any atom is -0.469 e. The largest absolute Gasteiger partial charge is 0.469 e. The highest BCUT2D eigenvalue weighted by molar-refractivity contribution is 9.10. The molecule has 3 heterocycles. The van der Waals surface area contributed by atoms with Crippen molar-refractivity contribution in [2.45, 2.75) is 25.5 Å². The fraction of sp³-hybridized carbons (Fsp3) is 0.250. The number of hydrogen-bond acceptors (Lipinski definition) is 6. The van der Waals surface area contributed by atoms with Crippen LogP contribution in [0.25, 0.3) is 11.4 Å². The smallest absolute Gasteiger partial charge is 0.236 e. The Morgan fingerprint density at radius 3 is 2.84 bits per heavy atom. The van der Waals surface area contributed by atoms with Crippen molar-refractivity contribution in [2.24, 2.45) is 0 Å². The molecule has 0 radical (unpaired) electrons. The molecule has 0 aliphatic carbocycles. The molecule has 0 aromatic carbocycles. The van der Waals surface area contributed by atoms with Gasteiger partial charge >= 0.3 is 0 Å². The average Bonchev–Trinajstić information content (AvgIpc) is 3.20. The van der Waals surface area contributed by atoms with E-state index in [9.17, 15) is 4.79 Å². The second-order valence-corrected chi connectivity index (χ2v) is 7.00. The molecular weight excluding hydrogens is 406 g/mol. The topological polar surface area (TPSA) is 85.8 Å². The van der Waals surface area contributed by atoms with E-state index >= 15 is 0 Å². The number of aryl methyl sites for hydroxylation is 1. The number of anilines is 1. The van der Waals surface area contributed by atoms with Crippen molar-refractivity contribution in [2.75, 3.05) is 11.1 Å². The molecule has 0 aliphatic rings. The normalized spacial score (nSPS) is 10.8. The van der Waals surface area contributed by atoms with Crippen LogP contribution in [0.5, 0.6) is 0 Å². The molecule has 0 bridgehead atoms. The molecule has 0 spiro atoms. The van der Waals surface area contributed by atoms with Crippen LogP contribution >= 0.6 is 27.7 Å². The number of nitrogens with zero attached hydrogens (tertiary/aromatic N) is 4. The zero-order chi connectivity index (χ0) is 17.8. The second-order valence-electron chi connectivity index (χ2n) is 5.14. The summed E-state index contributed by atoms with van der Waals surface area (Å²) in [6.45, 7) is 4.60. The van der Waals surface area contributed by atoms with Crippen molar-refractivity contribution in [1.82, 2.24) is 19.7 Å². The highest BCUT2D eigenvalue weighted by Crippen LogP contribution is 2.27. The Labute approximate surface area is 157 Å². The van der Waals surface area contributed by atoms with Gasteiger partial charge in [0, 0.05) is 17.2 Å². The number of pyridine rings is 1. The standard InChI is InChI=1S/C16H16BrN5O2S/c1-3-22-15(12-6-7-24-10(12)2)20-21-16(22)25-9-14(23)19-13-5-4-11(17)8-18-13/h4-8H,3,9H2,1-2H3,(H,18,19,23). The van der Waals surface area contributed by atoms with Gasteiger partial charge in [0.2, 0.25) is 5.91 Å². The highest BCUT2D eigenvalue weighted by atomic mass is 79.9. The first-order chi connectivity index (χ1) is 12.1. The first-order valence-corrected chi connectivity index (χ1v) is 9.38. The lowest BCUT2D eigenvalue weighted by Gasteiger charge is -2.07. The van der Waals surface area contributed by atoms with Crippen molar-refractivity contribution >= 4 is 39.4 Å². The molecule has 1 N–H and O–H groups in total. The SMILES string of the molecule is CCn1c(SCC(=O)Nc2ccc(Br)cn2)nnc1-c1ccoc1C. The van der Waals surface area contributed by atoms with Crippen molar-refractivity contribution < 1.29 is 9.21 Å². The van der Waals surface area contributed by atoms with Crippen LogP contribution in [0, 0.1) is 6.92 Å². The van der Waals surface area contributed by atoms with E-state index in [1.165, 1.54) is 11.8 Å². The van der Waals surface area contributed by atoms with Gasteiger partial charge < -0.3 is 14.3 Å². The Morgan fingerprint density at radius 2 is 2.20 bits per heavy atom. The molecule has 3 aromatic heterocycles. The maximum absolute atomic E-state index is 12.1. The summed E-state index contributed by atoms with van der Waals surface area (Å²) < 4.78 is 8.16. The third kappa shape index (κ3) is 4.10. The first kappa shape index (κ1) is 17.7. The summed E-state index contributed by atoms with van der Waals surface area (Å²) in [6.07, 6.45) is 3.26. The van der Waals surface area contributed by atoms with Crippen LogP contribution in [0.2, 0.25) is 0 Å². The summed E-state index contributed by atoms with van der Waals surface area (Å²) in [5.74, 6) is 2.12. The zero-order valence-corrected chi connectivity index (χ0v) is 16.1. The van der Waals surface area contributed by atoms with Crippen molar-refractivity contribution in [1.29, 1.82) is 0 Å². The van der Waals surface area contributed by atoms with Gasteiger partial charge in [-0.15, -0.1) is 10.2 Å². The number of thioether (sulfide) groups is 1. The lowest BCUT2D eigenvalue weighted by Crippen LogP contribution is -2.15. The number of hydrogen-bond donors (Lipinski definition) is 1. The molecule has 0 unspecified atom stereocenters. The number of halogens is 1. The molecule has 9 heteroatoms. The van der Waals surface area contributed by atoms with E-state index in [1.54, 1.807) is 18.5 Å². The van der Waals surface area contributed by atoms with Crippen LogP contribution in [0.4, 0.5) is 5.82 Å². The third-order valence-electron chi connectivity index (χ3n) is 3.46. The zero-order valence-electron chi connectivity index (χ0n) is 13.7. The van der Waals surface area contributed by atoms with Gasteiger partial charge in [-0.25, -0.2) is 4.98 Å². The fourth-order valence-corrected chi connectivity index (χ4v) is 3.29. The van der Waals surface area contributed by atoms with Gasteiger partial charge in [-0.1, -0.05) is 11.8 Å². The summed E-state index contributed by atoms with van der Waals surface area (Å²) in [5.41, 5.74) is 0.907. The van der Waals surface area contributed by atoms with Crippen LogP contribution < -0.4 is 5.32 Å². The Bertz CT molecular complexity index is 875. The van der Waals surface area contributed by atoms with E-state index in [1.807, 2.05) is 30.5 Å². The predicted octanol–water partition coefficient (Wildman–Crippen LogP) is 3.75. The molecule has 3 aromatic rings. The molecule has 0 saturated carbocycles. The molecule has 130 valence electrons. The van der Waals surface area contributed by atoms with Gasteiger partial charge in [0.1, 0.15) is 11.6 Å². The number of amides is 1. The second kappa shape index (κ2) is 7.83. The molecule has 3 rings (SSSR count). The van der Waals surface area contributed by atoms with Crippen molar-refractivity contribution in [3.63, 3.8) is 0 Å². The summed E-state index contributed by atoms with van der Waals surface area (Å²) in [5, 5.41) is 11.9. The van der Waals surface area contributed by atoms with E-state index < -0.39 is 0 Å². The van der Waals surface area contributed by atoms with E-state index in [4.69, 9.17) is 4.42 Å². The molecule has 0 atom stereocenters. The number of rotatable bonds is 6. The summed E-state index contributed by atoms with van der Waals surface area (Å²) in [6, 6.07) is 5.43. The van der Waals surface area contributed by atoms with Gasteiger partial charge in [0.15, 0.2) is 11.0 Å². The monoisotopic (exact) mass is 421 g/mol. The Kier molecular flexibility index (Phi) is 5.54. The van der Waals surface area contributed by atoms with Crippen LogP contribution in [0.15, 0.2) is 44.7 Å². The molecular formula is C16H16BrN5O2S. The number of aromatic nitrogens is 4. The van der Waals surface area contributed by atoms with Crippen LogP contribution in [0.3, 0.4) is 0 Å². The minimum absolute atomic E-state index is 0.147. The van der Waals surface area contributed by atoms with Crippen LogP contribution in [0.1, 0.15) is 12.7 Å². The van der Waals surface area contributed by atoms with Gasteiger partial charge in [-0.05, 0) is 48.0 Å². The minimum atomic E-state index is -0.147. The lowest BCUT2D eigenvalue weighted by molar-refractivity contribution is -0.113. The molecule has 7 nitrogen and oxygen atoms in total. The third-order valence-corrected chi connectivity index (χ3v) is 4.90. The fourth-order valence-electron chi connectivity index (χ4n) is 2.26. The summed E-state index contributed by atoms with van der Waals surface area (Å²) in [4.78, 5) is 16.2. The number of furan rings is 1. The van der Waals surface area contributed by atoms with E-state index in [-0.39, 0.29) is 11.7 Å². The maximum Gasteiger partial charge on any atom is 0.236 e. The molecule has 0 aliphatic heterocycles. The van der Waals surface area contributed by atoms with Crippen molar-refractivity contribution in [3.8, 4) is 11.4 Å². The lowest BCUT2D eigenvalue weighted by atomic mass is 10.2. The van der Waals surface area contributed by atoms with Crippen LogP contribution in [-0.4, -0.2) is 31.4 Å². The van der Waals surface area contributed by atoms with Gasteiger partial charge in [0.25, 0.3) is 0 Å². The maximum atomic E-state index is 12.1. The molecule has 0 saturated heterocycles. The van der Waals surface area contributed by atoms with Crippen LogP contribution in [-0.2, 0) is 11.3 Å². The molecule has 1 amide bonds. The molecule has 0 fully saturated rings. The predicted molar refractivity (Wildman–Crippen MR) is 99.4 cm³/mol. The highest BCUT2D eigenvalue weighted by Gasteiger charge is 2.17. The van der Waals surface area contributed by atoms with E-state index in [0.29, 0.717) is 17.5 Å². The van der Waals surface area contributed by atoms with Gasteiger partial charge in [-0.2, -0.15) is 0 Å². The van der Waals surface area contributed by atoms with E-state index in [2.05, 4.69) is 36.4 Å². The average molecular weight is 422 g/mol. The van der Waals surface area contributed by atoms with Gasteiger partial charge in [0.05, 0.1) is 17.6 Å². The Balaban J connectivity index is 1.67. The summed E-state index contributed by atoms with van der Waals surface area (Å²) >= 11 is 4.64. The Morgan fingerprint density at radius 1 is 1.36 bits per heavy atom. The quantitative estimate of drug-likeness (QED) is 0.609. The summed E-state index contributed by atoms with van der Waals surface area (Å²) in [7, 11) is 0. The number of nitrogens with one attached hydrogen (secondary N) is 1. The van der Waals surface area contributed by atoms with E-state index in [0.717, 1.165) is 21.6 Å². The Hall–Kier alpha value is -2.13. The number of carbonyl (C=O) groups excluding carboxylic acids is 1. The van der Waals surface area contributed by atoms with Gasteiger partial charge in [-0.3, -0.25) is 4.79 Å². The first-order valence-electron chi connectivity index (χ1n) is 7.60. The molecule has 25 heavy (non-hydrogen) atoms.